The molecule has 5 nitrogen and oxygen atoms in total. The van der Waals surface area contributed by atoms with Gasteiger partial charge in [0.1, 0.15) is 6.61 Å². The highest BCUT2D eigenvalue weighted by molar-refractivity contribution is 5.25. The number of aromatic nitrogens is 2. The molecule has 2 aromatic carbocycles. The third kappa shape index (κ3) is 6.88. The predicted molar refractivity (Wildman–Crippen MR) is 124 cm³/mol. The molecule has 0 atom stereocenters. The van der Waals surface area contributed by atoms with Crippen molar-refractivity contribution >= 4 is 0 Å². The Labute approximate surface area is 185 Å². The number of likely N-dealkylation sites (N-methyl/N-ethyl adjacent to an activating group) is 1. The SMILES string of the molecule is CN1CCN(CCc2cccc(CCc3ccc(OCc4ccccc4)nn3)c2)CC1. The molecule has 1 saturated heterocycles. The van der Waals surface area contributed by atoms with Crippen LogP contribution in [-0.4, -0.2) is 59.8 Å². The summed E-state index contributed by atoms with van der Waals surface area (Å²) >= 11 is 0. The highest BCUT2D eigenvalue weighted by Crippen LogP contribution is 2.13. The molecule has 0 unspecified atom stereocenters. The predicted octanol–water partition coefficient (Wildman–Crippen LogP) is 3.63. The van der Waals surface area contributed by atoms with E-state index in [0.29, 0.717) is 12.5 Å². The number of aryl methyl sites for hydroxylation is 2. The van der Waals surface area contributed by atoms with Gasteiger partial charge in [0.15, 0.2) is 0 Å². The van der Waals surface area contributed by atoms with Crippen LogP contribution in [0, 0.1) is 0 Å². The Morgan fingerprint density at radius 2 is 1.48 bits per heavy atom. The zero-order chi connectivity index (χ0) is 21.3. The van der Waals surface area contributed by atoms with Gasteiger partial charge in [-0.15, -0.1) is 5.10 Å². The Balaban J connectivity index is 1.23. The van der Waals surface area contributed by atoms with Gasteiger partial charge in [0, 0.05) is 38.8 Å². The molecule has 0 radical (unpaired) electrons. The van der Waals surface area contributed by atoms with Crippen LogP contribution in [0.15, 0.2) is 66.7 Å². The lowest BCUT2D eigenvalue weighted by atomic mass is 10.0. The molecule has 0 aliphatic carbocycles. The van der Waals surface area contributed by atoms with Crippen LogP contribution >= 0.6 is 0 Å². The lowest BCUT2D eigenvalue weighted by Gasteiger charge is -2.32. The molecule has 0 N–H and O–H groups in total. The highest BCUT2D eigenvalue weighted by Gasteiger charge is 2.13. The van der Waals surface area contributed by atoms with Crippen LogP contribution in [0.1, 0.15) is 22.4 Å². The molecule has 0 amide bonds. The van der Waals surface area contributed by atoms with Crippen LogP contribution in [0.25, 0.3) is 0 Å². The molecule has 2 heterocycles. The van der Waals surface area contributed by atoms with Crippen molar-refractivity contribution in [2.45, 2.75) is 25.9 Å². The zero-order valence-electron chi connectivity index (χ0n) is 18.4. The normalized spacial score (nSPS) is 15.1. The summed E-state index contributed by atoms with van der Waals surface area (Å²) in [6.07, 6.45) is 2.97. The average molecular weight is 417 g/mol. The van der Waals surface area contributed by atoms with E-state index >= 15 is 0 Å². The largest absolute Gasteiger partial charge is 0.472 e. The van der Waals surface area contributed by atoms with E-state index in [1.54, 1.807) is 0 Å². The van der Waals surface area contributed by atoms with Crippen LogP contribution in [0.2, 0.25) is 0 Å². The molecule has 5 heteroatoms. The van der Waals surface area contributed by atoms with Crippen molar-refractivity contribution in [2.24, 2.45) is 0 Å². The molecule has 0 bridgehead atoms. The van der Waals surface area contributed by atoms with Crippen molar-refractivity contribution in [3.63, 3.8) is 0 Å². The van der Waals surface area contributed by atoms with Crippen LogP contribution in [0.5, 0.6) is 5.88 Å². The third-order valence-electron chi connectivity index (χ3n) is 5.90. The Hall–Kier alpha value is -2.76. The minimum atomic E-state index is 0.510. The van der Waals surface area contributed by atoms with Crippen LogP contribution in [0.3, 0.4) is 0 Å². The first kappa shape index (κ1) is 21.5. The first-order chi connectivity index (χ1) is 15.2. The number of hydrogen-bond donors (Lipinski definition) is 0. The number of benzene rings is 2. The maximum atomic E-state index is 5.73. The molecule has 1 aromatic heterocycles. The monoisotopic (exact) mass is 416 g/mol. The molecule has 1 aliphatic heterocycles. The van der Waals surface area contributed by atoms with E-state index in [9.17, 15) is 0 Å². The minimum absolute atomic E-state index is 0.510. The summed E-state index contributed by atoms with van der Waals surface area (Å²) < 4.78 is 5.73. The summed E-state index contributed by atoms with van der Waals surface area (Å²) in [7, 11) is 2.20. The molecule has 4 rings (SSSR count). The van der Waals surface area contributed by atoms with E-state index in [1.165, 1.54) is 37.3 Å². The van der Waals surface area contributed by atoms with Crippen molar-refractivity contribution in [3.8, 4) is 5.88 Å². The summed E-state index contributed by atoms with van der Waals surface area (Å²) in [5.74, 6) is 0.568. The van der Waals surface area contributed by atoms with Gasteiger partial charge in [-0.05, 0) is 49.1 Å². The van der Waals surface area contributed by atoms with Crippen molar-refractivity contribution in [1.29, 1.82) is 0 Å². The molecular weight excluding hydrogens is 384 g/mol. The van der Waals surface area contributed by atoms with Gasteiger partial charge < -0.3 is 14.5 Å². The van der Waals surface area contributed by atoms with E-state index in [-0.39, 0.29) is 0 Å². The Morgan fingerprint density at radius 3 is 2.23 bits per heavy atom. The van der Waals surface area contributed by atoms with Crippen LogP contribution in [-0.2, 0) is 25.9 Å². The topological polar surface area (TPSA) is 41.5 Å². The number of rotatable bonds is 9. The van der Waals surface area contributed by atoms with Crippen molar-refractivity contribution in [1.82, 2.24) is 20.0 Å². The van der Waals surface area contributed by atoms with E-state index < -0.39 is 0 Å². The lowest BCUT2D eigenvalue weighted by Crippen LogP contribution is -2.45. The van der Waals surface area contributed by atoms with Gasteiger partial charge in [-0.25, -0.2) is 0 Å². The molecular formula is C26H32N4O. The number of ether oxygens (including phenoxy) is 1. The lowest BCUT2D eigenvalue weighted by molar-refractivity contribution is 0.155. The third-order valence-corrected chi connectivity index (χ3v) is 5.90. The fraction of sp³-hybridized carbons (Fsp3) is 0.385. The first-order valence-electron chi connectivity index (χ1n) is 11.2. The van der Waals surface area contributed by atoms with E-state index in [2.05, 4.69) is 51.3 Å². The fourth-order valence-electron chi connectivity index (χ4n) is 3.86. The smallest absolute Gasteiger partial charge is 0.233 e. The van der Waals surface area contributed by atoms with E-state index in [1.807, 2.05) is 42.5 Å². The van der Waals surface area contributed by atoms with Gasteiger partial charge >= 0.3 is 0 Å². The summed E-state index contributed by atoms with van der Waals surface area (Å²) in [4.78, 5) is 4.98. The Kier molecular flexibility index (Phi) is 7.64. The molecule has 1 aliphatic rings. The van der Waals surface area contributed by atoms with Gasteiger partial charge in [0.05, 0.1) is 5.69 Å². The molecule has 0 spiro atoms. The highest BCUT2D eigenvalue weighted by atomic mass is 16.5. The molecule has 0 saturated carbocycles. The van der Waals surface area contributed by atoms with Crippen molar-refractivity contribution < 1.29 is 4.74 Å². The van der Waals surface area contributed by atoms with Gasteiger partial charge in [-0.2, -0.15) is 5.10 Å². The molecule has 1 fully saturated rings. The second-order valence-corrected chi connectivity index (χ2v) is 8.35. The Morgan fingerprint density at radius 1 is 0.742 bits per heavy atom. The average Bonchev–Trinajstić information content (AvgIpc) is 2.83. The summed E-state index contributed by atoms with van der Waals surface area (Å²) in [5.41, 5.74) is 4.91. The first-order valence-corrected chi connectivity index (χ1v) is 11.2. The minimum Gasteiger partial charge on any atom is -0.472 e. The standard InChI is InChI=1S/C26H32N4O/c1-29-16-18-30(19-17-29)15-14-23-9-5-8-22(20-23)10-11-25-12-13-26(28-27-25)31-21-24-6-3-2-4-7-24/h2-9,12-13,20H,10-11,14-19,21H2,1H3. The fourth-order valence-corrected chi connectivity index (χ4v) is 3.86. The maximum absolute atomic E-state index is 5.73. The Bertz CT molecular complexity index is 922. The number of nitrogens with zero attached hydrogens (tertiary/aromatic N) is 4. The van der Waals surface area contributed by atoms with Gasteiger partial charge in [0.2, 0.25) is 5.88 Å². The van der Waals surface area contributed by atoms with Gasteiger partial charge in [-0.1, -0.05) is 54.6 Å². The summed E-state index contributed by atoms with van der Waals surface area (Å²) in [5, 5.41) is 8.58. The van der Waals surface area contributed by atoms with Gasteiger partial charge in [0.25, 0.3) is 0 Å². The van der Waals surface area contributed by atoms with Crippen molar-refractivity contribution in [3.05, 3.63) is 89.1 Å². The quantitative estimate of drug-likeness (QED) is 0.533. The number of hydrogen-bond acceptors (Lipinski definition) is 5. The maximum Gasteiger partial charge on any atom is 0.233 e. The van der Waals surface area contributed by atoms with Crippen LogP contribution < -0.4 is 4.74 Å². The van der Waals surface area contributed by atoms with E-state index in [4.69, 9.17) is 4.74 Å². The second kappa shape index (κ2) is 11.0. The zero-order valence-corrected chi connectivity index (χ0v) is 18.4. The number of piperazine rings is 1. The molecule has 3 aromatic rings. The molecule has 31 heavy (non-hydrogen) atoms. The van der Waals surface area contributed by atoms with Crippen LogP contribution in [0.4, 0.5) is 0 Å². The van der Waals surface area contributed by atoms with Crippen molar-refractivity contribution in [2.75, 3.05) is 39.8 Å². The second-order valence-electron chi connectivity index (χ2n) is 8.35. The van der Waals surface area contributed by atoms with Gasteiger partial charge in [-0.3, -0.25) is 0 Å². The summed E-state index contributed by atoms with van der Waals surface area (Å²) in [6.45, 7) is 6.37. The summed E-state index contributed by atoms with van der Waals surface area (Å²) in [6, 6.07) is 23.0. The van der Waals surface area contributed by atoms with E-state index in [0.717, 1.165) is 37.1 Å². The molecule has 162 valence electrons.